The Bertz CT molecular complexity index is 338. The molecular weight excluding hydrogens is 236 g/mol. The van der Waals surface area contributed by atoms with Crippen LogP contribution < -0.4 is 10.5 Å². The number of hydrogen-bond donors (Lipinski definition) is 1. The van der Waals surface area contributed by atoms with Gasteiger partial charge in [-0.1, -0.05) is 39.0 Å². The fraction of sp³-hybridized carbons (Fsp3) is 0.625. The molecule has 108 valence electrons. The zero-order valence-corrected chi connectivity index (χ0v) is 12.6. The predicted octanol–water partition coefficient (Wildman–Crippen LogP) is 2.76. The van der Waals surface area contributed by atoms with E-state index in [1.807, 2.05) is 30.3 Å². The predicted molar refractivity (Wildman–Crippen MR) is 81.5 cm³/mol. The molecule has 1 aromatic carbocycles. The van der Waals surface area contributed by atoms with Gasteiger partial charge in [0.2, 0.25) is 0 Å². The van der Waals surface area contributed by atoms with Crippen LogP contribution in [0.4, 0.5) is 0 Å². The molecule has 0 aliphatic carbocycles. The second-order valence-electron chi connectivity index (χ2n) is 5.81. The Morgan fingerprint density at radius 2 is 1.84 bits per heavy atom. The highest BCUT2D eigenvalue weighted by Gasteiger charge is 2.19. The molecule has 0 amide bonds. The molecule has 0 saturated carbocycles. The minimum absolute atomic E-state index is 0.169. The number of nitrogens with zero attached hydrogens (tertiary/aromatic N) is 1. The van der Waals surface area contributed by atoms with Crippen LogP contribution in [0.3, 0.4) is 0 Å². The van der Waals surface area contributed by atoms with E-state index in [9.17, 15) is 0 Å². The van der Waals surface area contributed by atoms with Crippen molar-refractivity contribution in [1.82, 2.24) is 4.90 Å². The molecule has 0 spiro atoms. The summed E-state index contributed by atoms with van der Waals surface area (Å²) in [6.07, 6.45) is 1.16. The molecule has 0 unspecified atom stereocenters. The summed E-state index contributed by atoms with van der Waals surface area (Å²) in [4.78, 5) is 2.44. The number of hydrogen-bond acceptors (Lipinski definition) is 3. The van der Waals surface area contributed by atoms with Gasteiger partial charge in [-0.15, -0.1) is 0 Å². The van der Waals surface area contributed by atoms with Gasteiger partial charge >= 0.3 is 0 Å². The highest BCUT2D eigenvalue weighted by atomic mass is 16.5. The topological polar surface area (TPSA) is 38.5 Å². The largest absolute Gasteiger partial charge is 0.492 e. The van der Waals surface area contributed by atoms with Gasteiger partial charge in [-0.25, -0.2) is 0 Å². The quantitative estimate of drug-likeness (QED) is 0.745. The third-order valence-corrected chi connectivity index (χ3v) is 3.16. The first-order valence-electron chi connectivity index (χ1n) is 7.17. The first-order valence-corrected chi connectivity index (χ1v) is 7.17. The zero-order chi connectivity index (χ0) is 14.1. The highest BCUT2D eigenvalue weighted by Crippen LogP contribution is 2.15. The van der Waals surface area contributed by atoms with Crippen molar-refractivity contribution in [3.63, 3.8) is 0 Å². The summed E-state index contributed by atoms with van der Waals surface area (Å²) in [6.45, 7) is 11.2. The molecule has 0 aliphatic rings. The first kappa shape index (κ1) is 16.0. The van der Waals surface area contributed by atoms with Crippen molar-refractivity contribution in [3.8, 4) is 5.75 Å². The third kappa shape index (κ3) is 6.60. The van der Waals surface area contributed by atoms with E-state index in [-0.39, 0.29) is 5.41 Å². The molecule has 0 bridgehead atoms. The van der Waals surface area contributed by atoms with Gasteiger partial charge in [-0.3, -0.25) is 4.90 Å². The minimum Gasteiger partial charge on any atom is -0.492 e. The van der Waals surface area contributed by atoms with Crippen LogP contribution in [-0.2, 0) is 0 Å². The standard InChI is InChI=1S/C16H28N2O/c1-4-10-18(14-16(2,3)13-17)11-12-19-15-8-6-5-7-9-15/h5-9H,4,10-14,17H2,1-3H3. The first-order chi connectivity index (χ1) is 9.07. The van der Waals surface area contributed by atoms with Crippen LogP contribution in [0.25, 0.3) is 0 Å². The van der Waals surface area contributed by atoms with E-state index in [1.54, 1.807) is 0 Å². The Kier molecular flexibility index (Phi) is 6.89. The highest BCUT2D eigenvalue weighted by molar-refractivity contribution is 5.20. The summed E-state index contributed by atoms with van der Waals surface area (Å²) in [6, 6.07) is 9.98. The minimum atomic E-state index is 0.169. The van der Waals surface area contributed by atoms with Gasteiger partial charge in [0.05, 0.1) is 0 Å². The lowest BCUT2D eigenvalue weighted by Gasteiger charge is -2.31. The Labute approximate surface area is 117 Å². The summed E-state index contributed by atoms with van der Waals surface area (Å²) in [5, 5.41) is 0. The molecule has 19 heavy (non-hydrogen) atoms. The summed E-state index contributed by atoms with van der Waals surface area (Å²) >= 11 is 0. The molecule has 1 rings (SSSR count). The lowest BCUT2D eigenvalue weighted by atomic mass is 9.93. The lowest BCUT2D eigenvalue weighted by Crippen LogP contribution is -2.40. The molecule has 0 saturated heterocycles. The van der Waals surface area contributed by atoms with Crippen molar-refractivity contribution in [3.05, 3.63) is 30.3 Å². The van der Waals surface area contributed by atoms with E-state index >= 15 is 0 Å². The molecule has 0 atom stereocenters. The van der Waals surface area contributed by atoms with Crippen LogP contribution in [0.1, 0.15) is 27.2 Å². The summed E-state index contributed by atoms with van der Waals surface area (Å²) in [7, 11) is 0. The van der Waals surface area contributed by atoms with Crippen LogP contribution >= 0.6 is 0 Å². The lowest BCUT2D eigenvalue weighted by molar-refractivity contribution is 0.154. The molecule has 0 radical (unpaired) electrons. The van der Waals surface area contributed by atoms with Crippen molar-refractivity contribution in [2.75, 3.05) is 32.8 Å². The maximum atomic E-state index is 5.81. The Hall–Kier alpha value is -1.06. The van der Waals surface area contributed by atoms with Crippen LogP contribution in [0.5, 0.6) is 5.75 Å². The molecule has 0 fully saturated rings. The molecule has 0 aromatic heterocycles. The molecule has 0 heterocycles. The van der Waals surface area contributed by atoms with Crippen molar-refractivity contribution in [2.24, 2.45) is 11.1 Å². The normalized spacial score (nSPS) is 11.8. The third-order valence-electron chi connectivity index (χ3n) is 3.16. The number of rotatable bonds is 9. The summed E-state index contributed by atoms with van der Waals surface area (Å²) < 4.78 is 5.76. The zero-order valence-electron chi connectivity index (χ0n) is 12.6. The molecule has 1 aromatic rings. The van der Waals surface area contributed by atoms with Crippen LogP contribution in [-0.4, -0.2) is 37.7 Å². The Balaban J connectivity index is 2.37. The number of para-hydroxylation sites is 1. The van der Waals surface area contributed by atoms with Gasteiger partial charge in [0.25, 0.3) is 0 Å². The Morgan fingerprint density at radius 3 is 2.42 bits per heavy atom. The Morgan fingerprint density at radius 1 is 1.16 bits per heavy atom. The van der Waals surface area contributed by atoms with Gasteiger partial charge in [0.1, 0.15) is 12.4 Å². The van der Waals surface area contributed by atoms with Crippen LogP contribution in [0.2, 0.25) is 0 Å². The smallest absolute Gasteiger partial charge is 0.119 e. The van der Waals surface area contributed by atoms with E-state index in [0.717, 1.165) is 38.4 Å². The van der Waals surface area contributed by atoms with Gasteiger partial charge < -0.3 is 10.5 Å². The van der Waals surface area contributed by atoms with Gasteiger partial charge in [0, 0.05) is 13.1 Å². The molecule has 3 heteroatoms. The van der Waals surface area contributed by atoms with E-state index in [4.69, 9.17) is 10.5 Å². The monoisotopic (exact) mass is 264 g/mol. The SMILES string of the molecule is CCCN(CCOc1ccccc1)CC(C)(C)CN. The second-order valence-corrected chi connectivity index (χ2v) is 5.81. The molecular formula is C16H28N2O. The van der Waals surface area contributed by atoms with Gasteiger partial charge in [-0.05, 0) is 37.1 Å². The van der Waals surface area contributed by atoms with Crippen LogP contribution in [0.15, 0.2) is 30.3 Å². The maximum Gasteiger partial charge on any atom is 0.119 e. The average Bonchev–Trinajstić information content (AvgIpc) is 2.40. The molecule has 2 N–H and O–H groups in total. The number of benzene rings is 1. The average molecular weight is 264 g/mol. The maximum absolute atomic E-state index is 5.81. The number of nitrogens with two attached hydrogens (primary N) is 1. The van der Waals surface area contributed by atoms with E-state index < -0.39 is 0 Å². The van der Waals surface area contributed by atoms with E-state index in [2.05, 4.69) is 25.7 Å². The second kappa shape index (κ2) is 8.18. The van der Waals surface area contributed by atoms with Crippen molar-refractivity contribution < 1.29 is 4.74 Å². The van der Waals surface area contributed by atoms with Gasteiger partial charge in [-0.2, -0.15) is 0 Å². The molecule has 0 aliphatic heterocycles. The van der Waals surface area contributed by atoms with Crippen LogP contribution in [0, 0.1) is 5.41 Å². The molecule has 3 nitrogen and oxygen atoms in total. The summed E-state index contributed by atoms with van der Waals surface area (Å²) in [5.74, 6) is 0.942. The van der Waals surface area contributed by atoms with Crippen molar-refractivity contribution in [1.29, 1.82) is 0 Å². The summed E-state index contributed by atoms with van der Waals surface area (Å²) in [5.41, 5.74) is 5.98. The van der Waals surface area contributed by atoms with Crippen molar-refractivity contribution >= 4 is 0 Å². The fourth-order valence-corrected chi connectivity index (χ4v) is 2.07. The number of ether oxygens (including phenoxy) is 1. The van der Waals surface area contributed by atoms with E-state index in [1.165, 1.54) is 0 Å². The van der Waals surface area contributed by atoms with Crippen molar-refractivity contribution in [2.45, 2.75) is 27.2 Å². The fourth-order valence-electron chi connectivity index (χ4n) is 2.07. The van der Waals surface area contributed by atoms with Gasteiger partial charge in [0.15, 0.2) is 0 Å². The van der Waals surface area contributed by atoms with E-state index in [0.29, 0.717) is 6.54 Å².